The molecule has 1 aromatic carbocycles. The van der Waals surface area contributed by atoms with Gasteiger partial charge in [-0.25, -0.2) is 0 Å². The van der Waals surface area contributed by atoms with E-state index in [1.54, 1.807) is 7.11 Å². The first-order valence-electron chi connectivity index (χ1n) is 4.64. The molecule has 74 valence electrons. The lowest BCUT2D eigenvalue weighted by molar-refractivity contribution is 0.414. The number of ether oxygens (including phenoxy) is 1. The van der Waals surface area contributed by atoms with Crippen molar-refractivity contribution in [2.24, 2.45) is 0 Å². The summed E-state index contributed by atoms with van der Waals surface area (Å²) in [6.45, 7) is 2.93. The van der Waals surface area contributed by atoms with Crippen LogP contribution in [0, 0.1) is 6.92 Å². The molecule has 0 spiro atoms. The molecule has 0 saturated heterocycles. The molecule has 1 heterocycles. The van der Waals surface area contributed by atoms with Crippen molar-refractivity contribution >= 4 is 5.69 Å². The molecule has 0 aliphatic carbocycles. The average Bonchev–Trinajstić information content (AvgIpc) is 2.70. The fraction of sp³-hybridized carbons (Fsp3) is 0.273. The summed E-state index contributed by atoms with van der Waals surface area (Å²) < 4.78 is 5.33. The quantitative estimate of drug-likeness (QED) is 0.770. The monoisotopic (exact) mass is 190 g/mol. The molecule has 0 bridgehead atoms. The summed E-state index contributed by atoms with van der Waals surface area (Å²) in [6, 6.07) is 6.18. The Kier molecular flexibility index (Phi) is 2.31. The van der Waals surface area contributed by atoms with Gasteiger partial charge in [0.1, 0.15) is 5.75 Å². The maximum atomic E-state index is 5.33. The molecule has 1 aliphatic rings. The minimum absolute atomic E-state index is 0.874. The predicted molar refractivity (Wildman–Crippen MR) is 57.4 cm³/mol. The normalized spacial score (nSPS) is 14.3. The number of hydrazine groups is 1. The fourth-order valence-corrected chi connectivity index (χ4v) is 1.53. The standard InChI is InChI=1S/C11H14N2O/c1-9-4-5-10(11(8-9)14-2)13-7-3-6-12-13/h3-6,8,12H,7H2,1-2H3. The van der Waals surface area contributed by atoms with Crippen LogP contribution in [-0.2, 0) is 0 Å². The second-order valence-electron chi connectivity index (χ2n) is 3.32. The first-order valence-corrected chi connectivity index (χ1v) is 4.64. The summed E-state index contributed by atoms with van der Waals surface area (Å²) >= 11 is 0. The largest absolute Gasteiger partial charge is 0.495 e. The van der Waals surface area contributed by atoms with E-state index >= 15 is 0 Å². The molecule has 0 saturated carbocycles. The van der Waals surface area contributed by atoms with Gasteiger partial charge in [0, 0.05) is 6.20 Å². The molecule has 3 heteroatoms. The van der Waals surface area contributed by atoms with Gasteiger partial charge in [-0.15, -0.1) is 0 Å². The summed E-state index contributed by atoms with van der Waals surface area (Å²) in [5.74, 6) is 0.904. The molecule has 0 atom stereocenters. The van der Waals surface area contributed by atoms with Crippen LogP contribution < -0.4 is 15.2 Å². The Morgan fingerprint density at radius 1 is 1.43 bits per heavy atom. The van der Waals surface area contributed by atoms with Gasteiger partial charge in [-0.1, -0.05) is 6.07 Å². The van der Waals surface area contributed by atoms with Crippen LogP contribution >= 0.6 is 0 Å². The van der Waals surface area contributed by atoms with Crippen molar-refractivity contribution in [3.63, 3.8) is 0 Å². The van der Waals surface area contributed by atoms with Crippen molar-refractivity contribution in [1.82, 2.24) is 5.43 Å². The maximum Gasteiger partial charge on any atom is 0.144 e. The fourth-order valence-electron chi connectivity index (χ4n) is 1.53. The molecular formula is C11H14N2O. The number of hydrogen-bond donors (Lipinski definition) is 1. The summed E-state index contributed by atoms with van der Waals surface area (Å²) in [6.07, 6.45) is 4.00. The first kappa shape index (κ1) is 8.94. The van der Waals surface area contributed by atoms with Crippen LogP contribution in [0.25, 0.3) is 0 Å². The molecular weight excluding hydrogens is 176 g/mol. The number of hydrogen-bond acceptors (Lipinski definition) is 3. The smallest absolute Gasteiger partial charge is 0.144 e. The molecule has 0 aromatic heterocycles. The van der Waals surface area contributed by atoms with Gasteiger partial charge in [0.2, 0.25) is 0 Å². The zero-order valence-electron chi connectivity index (χ0n) is 8.45. The first-order chi connectivity index (χ1) is 6.81. The van der Waals surface area contributed by atoms with Crippen LogP contribution in [0.2, 0.25) is 0 Å². The second kappa shape index (κ2) is 3.62. The Morgan fingerprint density at radius 3 is 2.93 bits per heavy atom. The topological polar surface area (TPSA) is 24.5 Å². The molecule has 1 aromatic rings. The lowest BCUT2D eigenvalue weighted by Gasteiger charge is -2.21. The van der Waals surface area contributed by atoms with Gasteiger partial charge in [0.25, 0.3) is 0 Å². The number of nitrogens with zero attached hydrogens (tertiary/aromatic N) is 1. The van der Waals surface area contributed by atoms with Crippen molar-refractivity contribution in [3.8, 4) is 5.75 Å². The van der Waals surface area contributed by atoms with Crippen molar-refractivity contribution in [2.45, 2.75) is 6.92 Å². The highest BCUT2D eigenvalue weighted by molar-refractivity contribution is 5.60. The van der Waals surface area contributed by atoms with Crippen LogP contribution in [-0.4, -0.2) is 13.7 Å². The molecule has 1 aliphatic heterocycles. The summed E-state index contributed by atoms with van der Waals surface area (Å²) in [7, 11) is 1.70. The Bertz CT molecular complexity index is 352. The van der Waals surface area contributed by atoms with Crippen LogP contribution in [0.4, 0.5) is 5.69 Å². The number of anilines is 1. The Balaban J connectivity index is 2.32. The Labute approximate surface area is 84.0 Å². The summed E-state index contributed by atoms with van der Waals surface area (Å²) in [4.78, 5) is 0. The summed E-state index contributed by atoms with van der Waals surface area (Å²) in [5.41, 5.74) is 5.42. The number of benzene rings is 1. The number of aryl methyl sites for hydroxylation is 1. The van der Waals surface area contributed by atoms with Gasteiger partial charge in [-0.05, 0) is 30.7 Å². The third-order valence-corrected chi connectivity index (χ3v) is 2.26. The van der Waals surface area contributed by atoms with Crippen LogP contribution in [0.1, 0.15) is 5.56 Å². The highest BCUT2D eigenvalue weighted by Crippen LogP contribution is 2.28. The van der Waals surface area contributed by atoms with Crippen molar-refractivity contribution in [3.05, 3.63) is 36.0 Å². The second-order valence-corrected chi connectivity index (χ2v) is 3.32. The Morgan fingerprint density at radius 2 is 2.29 bits per heavy atom. The van der Waals surface area contributed by atoms with E-state index in [4.69, 9.17) is 4.74 Å². The van der Waals surface area contributed by atoms with Crippen LogP contribution in [0.15, 0.2) is 30.5 Å². The van der Waals surface area contributed by atoms with E-state index in [2.05, 4.69) is 30.6 Å². The van der Waals surface area contributed by atoms with E-state index in [0.29, 0.717) is 0 Å². The minimum atomic E-state index is 0.874. The number of rotatable bonds is 2. The SMILES string of the molecule is COc1cc(C)ccc1N1CC=CN1. The molecule has 3 nitrogen and oxygen atoms in total. The average molecular weight is 190 g/mol. The molecule has 14 heavy (non-hydrogen) atoms. The molecule has 2 rings (SSSR count). The van der Waals surface area contributed by atoms with Gasteiger partial charge in [0.15, 0.2) is 0 Å². The third kappa shape index (κ3) is 1.53. The maximum absolute atomic E-state index is 5.33. The van der Waals surface area contributed by atoms with Crippen molar-refractivity contribution < 1.29 is 4.74 Å². The van der Waals surface area contributed by atoms with Crippen molar-refractivity contribution in [2.75, 3.05) is 18.7 Å². The van der Waals surface area contributed by atoms with E-state index in [0.717, 1.165) is 18.0 Å². The minimum Gasteiger partial charge on any atom is -0.495 e. The van der Waals surface area contributed by atoms with E-state index in [9.17, 15) is 0 Å². The Hall–Kier alpha value is -1.64. The highest BCUT2D eigenvalue weighted by atomic mass is 16.5. The van der Waals surface area contributed by atoms with Gasteiger partial charge >= 0.3 is 0 Å². The lowest BCUT2D eigenvalue weighted by Crippen LogP contribution is -2.29. The summed E-state index contributed by atoms with van der Waals surface area (Å²) in [5, 5.41) is 2.04. The van der Waals surface area contributed by atoms with E-state index in [1.807, 2.05) is 17.3 Å². The third-order valence-electron chi connectivity index (χ3n) is 2.26. The zero-order valence-corrected chi connectivity index (χ0v) is 8.45. The molecule has 0 unspecified atom stereocenters. The van der Waals surface area contributed by atoms with Crippen LogP contribution in [0.3, 0.4) is 0 Å². The van der Waals surface area contributed by atoms with Gasteiger partial charge in [0.05, 0.1) is 19.3 Å². The zero-order chi connectivity index (χ0) is 9.97. The van der Waals surface area contributed by atoms with Crippen LogP contribution in [0.5, 0.6) is 5.75 Å². The lowest BCUT2D eigenvalue weighted by atomic mass is 10.2. The van der Waals surface area contributed by atoms with Gasteiger partial charge < -0.3 is 10.2 Å². The van der Waals surface area contributed by atoms with E-state index < -0.39 is 0 Å². The molecule has 0 fully saturated rings. The number of nitrogens with one attached hydrogen (secondary N) is 1. The number of methoxy groups -OCH3 is 1. The van der Waals surface area contributed by atoms with Crippen molar-refractivity contribution in [1.29, 1.82) is 0 Å². The van der Waals surface area contributed by atoms with E-state index in [-0.39, 0.29) is 0 Å². The highest BCUT2D eigenvalue weighted by Gasteiger charge is 2.12. The van der Waals surface area contributed by atoms with Gasteiger partial charge in [-0.3, -0.25) is 5.01 Å². The molecule has 0 radical (unpaired) electrons. The molecule has 0 amide bonds. The van der Waals surface area contributed by atoms with Gasteiger partial charge in [-0.2, -0.15) is 0 Å². The predicted octanol–water partition coefficient (Wildman–Crippen LogP) is 1.84. The van der Waals surface area contributed by atoms with E-state index in [1.165, 1.54) is 5.56 Å². The molecule has 1 N–H and O–H groups in total.